The molecule has 0 bridgehead atoms. The number of rotatable bonds is 4. The monoisotopic (exact) mass is 280 g/mol. The highest BCUT2D eigenvalue weighted by Crippen LogP contribution is 2.27. The Morgan fingerprint density at radius 2 is 1.81 bits per heavy atom. The molecule has 0 saturated heterocycles. The van der Waals surface area contributed by atoms with Crippen LogP contribution in [0, 0.1) is 0 Å². The maximum absolute atomic E-state index is 3.52. The summed E-state index contributed by atoms with van der Waals surface area (Å²) < 4.78 is 0. The molecule has 0 aliphatic carbocycles. The molecule has 110 valence electrons. The van der Waals surface area contributed by atoms with Crippen LogP contribution in [0.3, 0.4) is 0 Å². The van der Waals surface area contributed by atoms with Gasteiger partial charge < -0.3 is 10.2 Å². The Balaban J connectivity index is 1.67. The van der Waals surface area contributed by atoms with Gasteiger partial charge >= 0.3 is 0 Å². The molecule has 0 saturated carbocycles. The zero-order valence-corrected chi connectivity index (χ0v) is 13.0. The van der Waals surface area contributed by atoms with Crippen molar-refractivity contribution >= 4 is 11.4 Å². The number of anilines is 2. The van der Waals surface area contributed by atoms with Crippen molar-refractivity contribution in [3.05, 3.63) is 59.2 Å². The van der Waals surface area contributed by atoms with Gasteiger partial charge in [0, 0.05) is 31.5 Å². The summed E-state index contributed by atoms with van der Waals surface area (Å²) in [6.45, 7) is 4.25. The lowest BCUT2D eigenvalue weighted by Gasteiger charge is -2.27. The van der Waals surface area contributed by atoms with Crippen molar-refractivity contribution in [2.24, 2.45) is 0 Å². The van der Waals surface area contributed by atoms with Crippen molar-refractivity contribution in [2.75, 3.05) is 23.8 Å². The molecule has 1 heterocycles. The van der Waals surface area contributed by atoms with Crippen LogP contribution in [0.15, 0.2) is 42.5 Å². The molecule has 0 fully saturated rings. The number of hydrogen-bond acceptors (Lipinski definition) is 2. The van der Waals surface area contributed by atoms with E-state index < -0.39 is 0 Å². The van der Waals surface area contributed by atoms with Crippen LogP contribution in [0.2, 0.25) is 0 Å². The van der Waals surface area contributed by atoms with Gasteiger partial charge in [0.1, 0.15) is 0 Å². The summed E-state index contributed by atoms with van der Waals surface area (Å²) >= 11 is 0. The van der Waals surface area contributed by atoms with E-state index in [0.29, 0.717) is 0 Å². The average molecular weight is 280 g/mol. The summed E-state index contributed by atoms with van der Waals surface area (Å²) in [5, 5.41) is 3.52. The number of benzene rings is 2. The second-order valence-corrected chi connectivity index (χ2v) is 5.89. The predicted molar refractivity (Wildman–Crippen MR) is 91.2 cm³/mol. The standard InChI is InChI=1S/C19H24N2/c1-3-15-6-9-18(10-7-15)20-14-16-8-11-19-17(13-16)5-4-12-21(19)2/h6-11,13,20H,3-5,12,14H2,1-2H3. The average Bonchev–Trinajstić information content (AvgIpc) is 2.53. The van der Waals surface area contributed by atoms with E-state index in [-0.39, 0.29) is 0 Å². The lowest BCUT2D eigenvalue weighted by atomic mass is 9.99. The van der Waals surface area contributed by atoms with Crippen LogP contribution in [0.5, 0.6) is 0 Å². The summed E-state index contributed by atoms with van der Waals surface area (Å²) in [6, 6.07) is 15.6. The van der Waals surface area contributed by atoms with Crippen molar-refractivity contribution in [2.45, 2.75) is 32.7 Å². The maximum Gasteiger partial charge on any atom is 0.0400 e. The Morgan fingerprint density at radius 1 is 1.05 bits per heavy atom. The SMILES string of the molecule is CCc1ccc(NCc2ccc3c(c2)CCCN3C)cc1. The molecule has 0 spiro atoms. The largest absolute Gasteiger partial charge is 0.381 e. The number of fused-ring (bicyclic) bond motifs is 1. The lowest BCUT2D eigenvalue weighted by Crippen LogP contribution is -2.24. The molecule has 2 aromatic carbocycles. The van der Waals surface area contributed by atoms with Gasteiger partial charge in [-0.05, 0) is 54.2 Å². The van der Waals surface area contributed by atoms with Crippen LogP contribution in [-0.4, -0.2) is 13.6 Å². The third-order valence-electron chi connectivity index (χ3n) is 4.35. The summed E-state index contributed by atoms with van der Waals surface area (Å²) in [5.41, 5.74) is 6.84. The first-order valence-corrected chi connectivity index (χ1v) is 7.92. The quantitative estimate of drug-likeness (QED) is 0.901. The molecule has 21 heavy (non-hydrogen) atoms. The predicted octanol–water partition coefficient (Wildman–Crippen LogP) is 4.24. The maximum atomic E-state index is 3.52. The zero-order valence-electron chi connectivity index (χ0n) is 13.0. The minimum Gasteiger partial charge on any atom is -0.381 e. The van der Waals surface area contributed by atoms with Gasteiger partial charge in [-0.1, -0.05) is 31.2 Å². The topological polar surface area (TPSA) is 15.3 Å². The first kappa shape index (κ1) is 14.0. The fourth-order valence-electron chi connectivity index (χ4n) is 3.01. The summed E-state index contributed by atoms with van der Waals surface area (Å²) in [5.74, 6) is 0. The number of nitrogens with one attached hydrogen (secondary N) is 1. The van der Waals surface area contributed by atoms with E-state index in [2.05, 4.69) is 66.7 Å². The van der Waals surface area contributed by atoms with Gasteiger partial charge in [-0.15, -0.1) is 0 Å². The normalized spacial score (nSPS) is 13.9. The number of hydrogen-bond donors (Lipinski definition) is 1. The van der Waals surface area contributed by atoms with E-state index in [0.717, 1.165) is 13.0 Å². The molecule has 1 N–H and O–H groups in total. The minimum atomic E-state index is 0.891. The first-order valence-electron chi connectivity index (χ1n) is 7.92. The van der Waals surface area contributed by atoms with Gasteiger partial charge in [0.2, 0.25) is 0 Å². The third kappa shape index (κ3) is 3.21. The molecule has 0 unspecified atom stereocenters. The molecule has 2 aromatic rings. The van der Waals surface area contributed by atoms with Crippen LogP contribution < -0.4 is 10.2 Å². The van der Waals surface area contributed by atoms with E-state index in [1.807, 2.05) is 0 Å². The van der Waals surface area contributed by atoms with E-state index in [4.69, 9.17) is 0 Å². The third-order valence-corrected chi connectivity index (χ3v) is 4.35. The van der Waals surface area contributed by atoms with Gasteiger partial charge in [-0.25, -0.2) is 0 Å². The highest BCUT2D eigenvalue weighted by Gasteiger charge is 2.13. The summed E-state index contributed by atoms with van der Waals surface area (Å²) in [6.07, 6.45) is 3.57. The molecule has 0 amide bonds. The number of aryl methyl sites for hydroxylation is 2. The Morgan fingerprint density at radius 3 is 2.57 bits per heavy atom. The second kappa shape index (κ2) is 6.21. The molecule has 2 nitrogen and oxygen atoms in total. The van der Waals surface area contributed by atoms with E-state index >= 15 is 0 Å². The molecule has 3 rings (SSSR count). The van der Waals surface area contributed by atoms with Gasteiger partial charge in [-0.3, -0.25) is 0 Å². The molecule has 1 aliphatic heterocycles. The molecule has 0 radical (unpaired) electrons. The molecular formula is C19H24N2. The molecule has 0 aromatic heterocycles. The van der Waals surface area contributed by atoms with Gasteiger partial charge in [0.15, 0.2) is 0 Å². The van der Waals surface area contributed by atoms with Crippen LogP contribution in [0.25, 0.3) is 0 Å². The van der Waals surface area contributed by atoms with Crippen LogP contribution in [0.4, 0.5) is 11.4 Å². The van der Waals surface area contributed by atoms with Crippen LogP contribution in [-0.2, 0) is 19.4 Å². The van der Waals surface area contributed by atoms with E-state index in [9.17, 15) is 0 Å². The van der Waals surface area contributed by atoms with Crippen molar-refractivity contribution in [3.8, 4) is 0 Å². The van der Waals surface area contributed by atoms with Crippen molar-refractivity contribution in [3.63, 3.8) is 0 Å². The highest BCUT2D eigenvalue weighted by atomic mass is 15.1. The summed E-state index contributed by atoms with van der Waals surface area (Å²) in [7, 11) is 2.19. The van der Waals surface area contributed by atoms with Crippen molar-refractivity contribution in [1.29, 1.82) is 0 Å². The lowest BCUT2D eigenvalue weighted by molar-refractivity contribution is 0.743. The minimum absolute atomic E-state index is 0.891. The summed E-state index contributed by atoms with van der Waals surface area (Å²) in [4.78, 5) is 2.36. The molecular weight excluding hydrogens is 256 g/mol. The highest BCUT2D eigenvalue weighted by molar-refractivity contribution is 5.56. The Kier molecular flexibility index (Phi) is 4.14. The van der Waals surface area contributed by atoms with Gasteiger partial charge in [-0.2, -0.15) is 0 Å². The van der Waals surface area contributed by atoms with E-state index in [1.165, 1.54) is 47.5 Å². The fraction of sp³-hybridized carbons (Fsp3) is 0.368. The molecule has 0 atom stereocenters. The van der Waals surface area contributed by atoms with Crippen molar-refractivity contribution < 1.29 is 0 Å². The fourth-order valence-corrected chi connectivity index (χ4v) is 3.01. The van der Waals surface area contributed by atoms with Crippen LogP contribution >= 0.6 is 0 Å². The Hall–Kier alpha value is -1.96. The van der Waals surface area contributed by atoms with E-state index in [1.54, 1.807) is 0 Å². The van der Waals surface area contributed by atoms with Crippen molar-refractivity contribution in [1.82, 2.24) is 0 Å². The smallest absolute Gasteiger partial charge is 0.0400 e. The zero-order chi connectivity index (χ0) is 14.7. The Labute approximate surface area is 127 Å². The Bertz CT molecular complexity index is 601. The number of nitrogens with zero attached hydrogens (tertiary/aromatic N) is 1. The molecule has 1 aliphatic rings. The van der Waals surface area contributed by atoms with Gasteiger partial charge in [0.05, 0.1) is 0 Å². The second-order valence-electron chi connectivity index (χ2n) is 5.89. The molecule has 2 heteroatoms. The van der Waals surface area contributed by atoms with Crippen LogP contribution in [0.1, 0.15) is 30.0 Å². The van der Waals surface area contributed by atoms with Gasteiger partial charge in [0.25, 0.3) is 0 Å². The first-order chi connectivity index (χ1) is 10.3.